The van der Waals surface area contributed by atoms with E-state index in [9.17, 15) is 0 Å². The standard InChI is InChI=1S/C82H64N2/c1-81(2)73-33-17-15-31-65(73)67-45-41-57(49-75(67)81)53-37-39-56(40-38-53)79-69-47-43-62(84(60-27-9-6-10-28-60)78-36-20-24-55-22-12-14-30-64(55)78)52-72(69)80(58-42-46-68-66-32-16-18-34-74(66)82(3,4)76(68)50-58)70-48-44-61(51-71(70)79)83(59-25-7-5-8-26-59)77-35-19-23-54-21-11-13-29-63(54)77/h5,7-9,11-37,39,41-52H,6,10,38,40H2,1-4H3. The van der Waals surface area contributed by atoms with Crippen LogP contribution >= 0.6 is 0 Å². The van der Waals surface area contributed by atoms with Crippen LogP contribution in [0.15, 0.2) is 273 Å². The van der Waals surface area contributed by atoms with E-state index >= 15 is 0 Å². The number of anilines is 5. The van der Waals surface area contributed by atoms with E-state index in [1.54, 1.807) is 0 Å². The molecule has 402 valence electrons. The lowest BCUT2D eigenvalue weighted by atomic mass is 9.79. The molecule has 2 heteroatoms. The molecule has 12 aromatic carbocycles. The Morgan fingerprint density at radius 2 is 0.833 bits per heavy atom. The van der Waals surface area contributed by atoms with E-state index in [2.05, 4.69) is 304 Å². The second-order valence-electron chi connectivity index (χ2n) is 24.6. The van der Waals surface area contributed by atoms with Gasteiger partial charge in [0.25, 0.3) is 0 Å². The van der Waals surface area contributed by atoms with E-state index < -0.39 is 0 Å². The summed E-state index contributed by atoms with van der Waals surface area (Å²) in [5.74, 6) is 0. The summed E-state index contributed by atoms with van der Waals surface area (Å²) in [5, 5.41) is 9.86. The summed E-state index contributed by atoms with van der Waals surface area (Å²) >= 11 is 0. The number of para-hydroxylation sites is 1. The van der Waals surface area contributed by atoms with Crippen LogP contribution in [0.5, 0.6) is 0 Å². The molecule has 12 aromatic rings. The van der Waals surface area contributed by atoms with Crippen LogP contribution in [0.3, 0.4) is 0 Å². The maximum Gasteiger partial charge on any atom is 0.0540 e. The minimum atomic E-state index is -0.180. The highest BCUT2D eigenvalue weighted by Crippen LogP contribution is 2.54. The van der Waals surface area contributed by atoms with E-state index in [1.807, 2.05) is 0 Å². The zero-order valence-corrected chi connectivity index (χ0v) is 48.1. The van der Waals surface area contributed by atoms with Gasteiger partial charge in [-0.1, -0.05) is 228 Å². The topological polar surface area (TPSA) is 6.48 Å². The average Bonchev–Trinajstić information content (AvgIpc) is 1.45. The largest absolute Gasteiger partial charge is 0.310 e. The fraction of sp³-hybridized carbons (Fsp3) is 0.122. The summed E-state index contributed by atoms with van der Waals surface area (Å²) in [5.41, 5.74) is 25.4. The molecule has 0 saturated heterocycles. The molecule has 0 amide bonds. The zero-order valence-electron chi connectivity index (χ0n) is 48.1. The van der Waals surface area contributed by atoms with Gasteiger partial charge in [-0.15, -0.1) is 0 Å². The van der Waals surface area contributed by atoms with Gasteiger partial charge in [-0.3, -0.25) is 0 Å². The molecule has 0 fully saturated rings. The normalized spacial score (nSPS) is 15.3. The molecule has 0 atom stereocenters. The van der Waals surface area contributed by atoms with Crippen LogP contribution in [-0.2, 0) is 10.8 Å². The first kappa shape index (κ1) is 50.0. The first-order valence-corrected chi connectivity index (χ1v) is 30.1. The number of hydrogen-bond donors (Lipinski definition) is 0. The number of nitrogens with zero attached hydrogens (tertiary/aromatic N) is 2. The monoisotopic (exact) mass is 1080 g/mol. The van der Waals surface area contributed by atoms with Gasteiger partial charge in [-0.25, -0.2) is 0 Å². The molecular weight excluding hydrogens is 1010 g/mol. The molecule has 0 aromatic heterocycles. The van der Waals surface area contributed by atoms with Crippen molar-refractivity contribution in [1.29, 1.82) is 0 Å². The Kier molecular flexibility index (Phi) is 11.6. The van der Waals surface area contributed by atoms with E-state index in [1.165, 1.54) is 132 Å². The maximum absolute atomic E-state index is 2.54. The Hall–Kier alpha value is -9.76. The summed E-state index contributed by atoms with van der Waals surface area (Å²) in [6.07, 6.45) is 15.9. The van der Waals surface area contributed by atoms with Gasteiger partial charge >= 0.3 is 0 Å². The fourth-order valence-electron chi connectivity index (χ4n) is 15.0. The van der Waals surface area contributed by atoms with Crippen LogP contribution in [0, 0.1) is 0 Å². The third-order valence-electron chi connectivity index (χ3n) is 19.2. The summed E-state index contributed by atoms with van der Waals surface area (Å²) in [7, 11) is 0. The van der Waals surface area contributed by atoms with Crippen LogP contribution in [0.4, 0.5) is 28.4 Å². The van der Waals surface area contributed by atoms with E-state index in [-0.39, 0.29) is 10.8 Å². The van der Waals surface area contributed by atoms with Crippen molar-refractivity contribution in [3.05, 3.63) is 306 Å². The molecular formula is C82H64N2. The van der Waals surface area contributed by atoms with Crippen LogP contribution in [0.2, 0.25) is 0 Å². The minimum Gasteiger partial charge on any atom is -0.310 e. The van der Waals surface area contributed by atoms with E-state index in [0.717, 1.165) is 48.4 Å². The molecule has 0 bridgehead atoms. The summed E-state index contributed by atoms with van der Waals surface area (Å²) < 4.78 is 0. The highest BCUT2D eigenvalue weighted by atomic mass is 15.2. The molecule has 0 aliphatic heterocycles. The number of hydrogen-bond acceptors (Lipinski definition) is 2. The van der Waals surface area contributed by atoms with Gasteiger partial charge in [0.1, 0.15) is 0 Å². The average molecular weight is 1080 g/mol. The Bertz CT molecular complexity index is 4840. The molecule has 4 aliphatic rings. The van der Waals surface area contributed by atoms with Crippen LogP contribution in [0.1, 0.15) is 86.8 Å². The lowest BCUT2D eigenvalue weighted by Crippen LogP contribution is -2.16. The first-order chi connectivity index (χ1) is 41.2. The first-order valence-electron chi connectivity index (χ1n) is 30.1. The molecule has 0 saturated carbocycles. The molecule has 2 nitrogen and oxygen atoms in total. The number of allylic oxidation sites excluding steroid dienone is 7. The Balaban J connectivity index is 0.976. The van der Waals surface area contributed by atoms with Crippen molar-refractivity contribution >= 4 is 82.7 Å². The number of fused-ring (bicyclic) bond motifs is 10. The maximum atomic E-state index is 2.54. The molecule has 0 spiro atoms. The smallest absolute Gasteiger partial charge is 0.0540 e. The van der Waals surface area contributed by atoms with Crippen molar-refractivity contribution in [3.63, 3.8) is 0 Å². The van der Waals surface area contributed by atoms with Crippen molar-refractivity contribution in [1.82, 2.24) is 0 Å². The van der Waals surface area contributed by atoms with Gasteiger partial charge in [-0.2, -0.15) is 0 Å². The summed E-state index contributed by atoms with van der Waals surface area (Å²) in [6.45, 7) is 9.59. The van der Waals surface area contributed by atoms with E-state index in [4.69, 9.17) is 0 Å². The second kappa shape index (κ2) is 19.4. The Labute approximate surface area is 493 Å². The van der Waals surface area contributed by atoms with Gasteiger partial charge in [0.15, 0.2) is 0 Å². The molecule has 4 aliphatic carbocycles. The predicted molar refractivity (Wildman–Crippen MR) is 358 cm³/mol. The van der Waals surface area contributed by atoms with Crippen molar-refractivity contribution < 1.29 is 0 Å². The lowest BCUT2D eigenvalue weighted by molar-refractivity contribution is 0.660. The van der Waals surface area contributed by atoms with Crippen molar-refractivity contribution in [2.75, 3.05) is 9.80 Å². The number of benzene rings is 12. The number of rotatable bonds is 9. The lowest BCUT2D eigenvalue weighted by Gasteiger charge is -2.30. The van der Waals surface area contributed by atoms with Gasteiger partial charge in [-0.05, 0) is 203 Å². The van der Waals surface area contributed by atoms with Crippen LogP contribution < -0.4 is 9.80 Å². The van der Waals surface area contributed by atoms with Gasteiger partial charge in [0.05, 0.1) is 11.4 Å². The molecule has 16 rings (SSSR count). The van der Waals surface area contributed by atoms with Crippen molar-refractivity contribution in [2.45, 2.75) is 64.2 Å². The second-order valence-corrected chi connectivity index (χ2v) is 24.6. The third kappa shape index (κ3) is 7.84. The van der Waals surface area contributed by atoms with Crippen molar-refractivity contribution in [3.8, 4) is 33.4 Å². The van der Waals surface area contributed by atoms with Gasteiger partial charge in [0.2, 0.25) is 0 Å². The van der Waals surface area contributed by atoms with Crippen LogP contribution in [-0.4, -0.2) is 0 Å². The summed E-state index contributed by atoms with van der Waals surface area (Å²) in [6, 6.07) is 89.4. The molecule has 0 heterocycles. The fourth-order valence-corrected chi connectivity index (χ4v) is 15.0. The third-order valence-corrected chi connectivity index (χ3v) is 19.2. The Morgan fingerprint density at radius 3 is 1.45 bits per heavy atom. The zero-order chi connectivity index (χ0) is 56.3. The highest BCUT2D eigenvalue weighted by molar-refractivity contribution is 6.21. The molecule has 0 unspecified atom stereocenters. The van der Waals surface area contributed by atoms with Gasteiger partial charge in [0, 0.05) is 44.4 Å². The molecule has 0 N–H and O–H groups in total. The summed E-state index contributed by atoms with van der Waals surface area (Å²) in [4.78, 5) is 4.99. The quantitative estimate of drug-likeness (QED) is 0.133. The predicted octanol–water partition coefficient (Wildman–Crippen LogP) is 22.7. The molecule has 84 heavy (non-hydrogen) atoms. The van der Waals surface area contributed by atoms with Crippen LogP contribution in [0.25, 0.3) is 87.6 Å². The van der Waals surface area contributed by atoms with E-state index in [0.29, 0.717) is 0 Å². The minimum absolute atomic E-state index is 0.0699. The van der Waals surface area contributed by atoms with Gasteiger partial charge < -0.3 is 9.80 Å². The Morgan fingerprint density at radius 1 is 0.333 bits per heavy atom. The molecule has 0 radical (unpaired) electrons. The SMILES string of the molecule is CC1(C)c2ccccc2-c2ccc(C3=CC=C(c4c5cc(N(c6ccccc6)c6cccc7ccccc67)ccc5c(-c5ccc6c(c5)C(C)(C)c5ccccc5-6)c5cc(N(C6=CCCC=C6)c6cccc7ccccc67)ccc45)CC3)cc21. The highest BCUT2D eigenvalue weighted by Gasteiger charge is 2.37. The van der Waals surface area contributed by atoms with Crippen molar-refractivity contribution in [2.24, 2.45) is 0 Å².